The summed E-state index contributed by atoms with van der Waals surface area (Å²) in [6.45, 7) is 0. The van der Waals surface area contributed by atoms with E-state index in [4.69, 9.17) is 18.9 Å². The first-order chi connectivity index (χ1) is 8.69. The number of aliphatic hydroxyl groups excluding tert-OH is 1. The minimum Gasteiger partial charge on any atom is -0.454 e. The second-order valence-corrected chi connectivity index (χ2v) is 5.49. The van der Waals surface area contributed by atoms with Crippen LogP contribution in [0.4, 0.5) is 0 Å². The van der Waals surface area contributed by atoms with Gasteiger partial charge in [-0.3, -0.25) is 0 Å². The van der Waals surface area contributed by atoms with Gasteiger partial charge in [-0.25, -0.2) is 4.79 Å². The molecule has 3 saturated heterocycles. The van der Waals surface area contributed by atoms with E-state index in [0.717, 1.165) is 25.7 Å². The van der Waals surface area contributed by atoms with Gasteiger partial charge in [-0.15, -0.1) is 0 Å². The number of fused-ring (bicyclic) bond motifs is 4. The predicted molar refractivity (Wildman–Crippen MR) is 56.3 cm³/mol. The monoisotopic (exact) mass is 256 g/mol. The number of hydrogen-bond donors (Lipinski definition) is 1. The first-order valence-electron chi connectivity index (χ1n) is 6.58. The highest BCUT2D eigenvalue weighted by atomic mass is 16.8. The number of ether oxygens (including phenoxy) is 4. The van der Waals surface area contributed by atoms with Gasteiger partial charge in [0.1, 0.15) is 6.10 Å². The van der Waals surface area contributed by atoms with E-state index in [1.807, 2.05) is 0 Å². The topological polar surface area (TPSA) is 74.2 Å². The van der Waals surface area contributed by atoms with Crippen LogP contribution in [0.3, 0.4) is 0 Å². The van der Waals surface area contributed by atoms with Crippen molar-refractivity contribution in [2.75, 3.05) is 0 Å². The van der Waals surface area contributed by atoms with Crippen molar-refractivity contribution in [3.63, 3.8) is 0 Å². The average Bonchev–Trinajstić information content (AvgIpc) is 2.79. The summed E-state index contributed by atoms with van der Waals surface area (Å²) in [5.41, 5.74) is 0. The Kier molecular flexibility index (Phi) is 2.27. The summed E-state index contributed by atoms with van der Waals surface area (Å²) in [5, 5.41) is 9.91. The van der Waals surface area contributed by atoms with Gasteiger partial charge in [0.2, 0.25) is 0 Å². The van der Waals surface area contributed by atoms with Crippen LogP contribution in [-0.4, -0.2) is 47.6 Å². The molecular formula is C12H16O6. The van der Waals surface area contributed by atoms with E-state index in [1.54, 1.807) is 0 Å². The van der Waals surface area contributed by atoms with Gasteiger partial charge in [0, 0.05) is 12.8 Å². The van der Waals surface area contributed by atoms with Crippen LogP contribution in [0.1, 0.15) is 32.1 Å². The second-order valence-electron chi connectivity index (χ2n) is 5.49. The SMILES string of the molecule is O=C1O[C@H]2[C@H](O)[C@@H]1O[C@@H]1OC3(CCCCC3)O[C@@H]12. The Morgan fingerprint density at radius 3 is 2.67 bits per heavy atom. The Hall–Kier alpha value is -0.690. The summed E-state index contributed by atoms with van der Waals surface area (Å²) in [5.74, 6) is -1.11. The maximum atomic E-state index is 11.4. The van der Waals surface area contributed by atoms with E-state index in [9.17, 15) is 9.90 Å². The molecule has 0 aromatic heterocycles. The molecule has 1 spiro atoms. The molecular weight excluding hydrogens is 240 g/mol. The van der Waals surface area contributed by atoms with E-state index < -0.39 is 42.5 Å². The summed E-state index contributed by atoms with van der Waals surface area (Å²) in [6.07, 6.45) is 1.39. The molecule has 0 aromatic carbocycles. The van der Waals surface area contributed by atoms with Crippen molar-refractivity contribution in [2.45, 2.75) is 68.6 Å². The third-order valence-electron chi connectivity index (χ3n) is 4.30. The zero-order chi connectivity index (χ0) is 12.3. The lowest BCUT2D eigenvalue weighted by atomic mass is 9.94. The van der Waals surface area contributed by atoms with Crippen LogP contribution in [0.2, 0.25) is 0 Å². The molecule has 3 heterocycles. The maximum absolute atomic E-state index is 11.4. The van der Waals surface area contributed by atoms with E-state index in [0.29, 0.717) is 0 Å². The molecule has 4 aliphatic rings. The predicted octanol–water partition coefficient (Wildman–Crippen LogP) is 0.0734. The van der Waals surface area contributed by atoms with Crippen LogP contribution in [0.25, 0.3) is 0 Å². The average molecular weight is 256 g/mol. The Morgan fingerprint density at radius 2 is 1.89 bits per heavy atom. The third kappa shape index (κ3) is 1.40. The van der Waals surface area contributed by atoms with Gasteiger partial charge in [-0.1, -0.05) is 6.42 Å². The maximum Gasteiger partial charge on any atom is 0.338 e. The second kappa shape index (κ2) is 3.66. The fourth-order valence-electron chi connectivity index (χ4n) is 3.39. The van der Waals surface area contributed by atoms with Gasteiger partial charge >= 0.3 is 5.97 Å². The highest BCUT2D eigenvalue weighted by molar-refractivity contribution is 5.78. The van der Waals surface area contributed by atoms with Crippen molar-refractivity contribution in [3.8, 4) is 0 Å². The van der Waals surface area contributed by atoms with E-state index in [-0.39, 0.29) is 0 Å². The van der Waals surface area contributed by atoms with Gasteiger partial charge in [-0.05, 0) is 12.8 Å². The van der Waals surface area contributed by atoms with Crippen LogP contribution >= 0.6 is 0 Å². The zero-order valence-corrected chi connectivity index (χ0v) is 9.91. The summed E-state index contributed by atoms with van der Waals surface area (Å²) >= 11 is 0. The van der Waals surface area contributed by atoms with Crippen LogP contribution in [0.5, 0.6) is 0 Å². The molecule has 0 radical (unpaired) electrons. The Bertz CT molecular complexity index is 377. The molecule has 0 unspecified atom stereocenters. The van der Waals surface area contributed by atoms with E-state index >= 15 is 0 Å². The Balaban J connectivity index is 1.59. The van der Waals surface area contributed by atoms with Gasteiger partial charge < -0.3 is 24.1 Å². The molecule has 0 aromatic rings. The number of hydrogen-bond acceptors (Lipinski definition) is 6. The van der Waals surface area contributed by atoms with Gasteiger partial charge in [-0.2, -0.15) is 0 Å². The summed E-state index contributed by atoms with van der Waals surface area (Å²) in [7, 11) is 0. The molecule has 6 nitrogen and oxygen atoms in total. The minimum atomic E-state index is -0.943. The number of rotatable bonds is 0. The van der Waals surface area contributed by atoms with Gasteiger partial charge in [0.25, 0.3) is 0 Å². The first-order valence-corrected chi connectivity index (χ1v) is 6.58. The number of carbonyl (C=O) groups is 1. The molecule has 100 valence electrons. The van der Waals surface area contributed by atoms with Crippen molar-refractivity contribution in [1.82, 2.24) is 0 Å². The van der Waals surface area contributed by atoms with Crippen LogP contribution < -0.4 is 0 Å². The quantitative estimate of drug-likeness (QED) is 0.618. The Labute approximate surface area is 104 Å². The lowest BCUT2D eigenvalue weighted by molar-refractivity contribution is -0.238. The minimum absolute atomic E-state index is 0.499. The van der Waals surface area contributed by atoms with E-state index in [2.05, 4.69) is 0 Å². The lowest BCUT2D eigenvalue weighted by Crippen LogP contribution is -2.51. The number of aliphatic hydroxyl groups is 1. The van der Waals surface area contributed by atoms with E-state index in [1.165, 1.54) is 6.42 Å². The molecule has 18 heavy (non-hydrogen) atoms. The molecule has 4 rings (SSSR count). The summed E-state index contributed by atoms with van der Waals surface area (Å²) in [6, 6.07) is 0. The van der Waals surface area contributed by atoms with Crippen molar-refractivity contribution < 1.29 is 28.8 Å². The van der Waals surface area contributed by atoms with Crippen molar-refractivity contribution in [3.05, 3.63) is 0 Å². The molecule has 3 aliphatic heterocycles. The smallest absolute Gasteiger partial charge is 0.338 e. The molecule has 4 fully saturated rings. The number of esters is 1. The number of carbonyl (C=O) groups excluding carboxylic acids is 1. The molecule has 5 atom stereocenters. The summed E-state index contributed by atoms with van der Waals surface area (Å²) in [4.78, 5) is 11.4. The fourth-order valence-corrected chi connectivity index (χ4v) is 3.39. The van der Waals surface area contributed by atoms with Crippen LogP contribution in [0.15, 0.2) is 0 Å². The van der Waals surface area contributed by atoms with Crippen LogP contribution in [0, 0.1) is 0 Å². The van der Waals surface area contributed by atoms with Crippen molar-refractivity contribution in [1.29, 1.82) is 0 Å². The fraction of sp³-hybridized carbons (Fsp3) is 0.917. The largest absolute Gasteiger partial charge is 0.454 e. The molecule has 1 saturated carbocycles. The third-order valence-corrected chi connectivity index (χ3v) is 4.30. The summed E-state index contributed by atoms with van der Waals surface area (Å²) < 4.78 is 22.4. The first kappa shape index (κ1) is 11.2. The standard InChI is InChI=1S/C12H16O6/c13-6-7-9-11(16-8(6)10(14)15-7)18-12(17-9)4-2-1-3-5-12/h6-9,11,13H,1-5H2/t6-,7-,8-,9+,11+/m0/s1. The Morgan fingerprint density at radius 1 is 1.11 bits per heavy atom. The highest BCUT2D eigenvalue weighted by Crippen LogP contribution is 2.46. The normalized spacial score (nSPS) is 49.2. The molecule has 6 heteroatoms. The molecule has 1 N–H and O–H groups in total. The van der Waals surface area contributed by atoms with Crippen molar-refractivity contribution in [2.24, 2.45) is 0 Å². The lowest BCUT2D eigenvalue weighted by Gasteiger charge is -2.31. The van der Waals surface area contributed by atoms with Gasteiger partial charge in [0.05, 0.1) is 0 Å². The highest BCUT2D eigenvalue weighted by Gasteiger charge is 2.63. The molecule has 2 bridgehead atoms. The molecule has 1 aliphatic carbocycles. The van der Waals surface area contributed by atoms with Gasteiger partial charge in [0.15, 0.2) is 30.4 Å². The van der Waals surface area contributed by atoms with Crippen LogP contribution in [-0.2, 0) is 23.7 Å². The zero-order valence-electron chi connectivity index (χ0n) is 9.91. The van der Waals surface area contributed by atoms with Crippen molar-refractivity contribution >= 4 is 5.97 Å². The molecule has 0 amide bonds.